The van der Waals surface area contributed by atoms with E-state index in [9.17, 15) is 5.21 Å². The quantitative estimate of drug-likeness (QED) is 0.594. The van der Waals surface area contributed by atoms with Crippen molar-refractivity contribution in [3.8, 4) is 6.07 Å². The van der Waals surface area contributed by atoms with Crippen molar-refractivity contribution in [2.24, 2.45) is 0 Å². The Bertz CT molecular complexity index is 465. The van der Waals surface area contributed by atoms with Gasteiger partial charge in [0.25, 0.3) is 0 Å². The number of fused-ring (bicyclic) bond motifs is 1. The Morgan fingerprint density at radius 2 is 2.08 bits per heavy atom. The summed E-state index contributed by atoms with van der Waals surface area (Å²) in [5, 5.41) is 18.8. The van der Waals surface area contributed by atoms with Gasteiger partial charge in [0.05, 0.1) is 5.52 Å². The fraction of sp³-hybridized carbons (Fsp3) is 0. The maximum Gasteiger partial charge on any atom is 0.158 e. The highest BCUT2D eigenvalue weighted by Crippen LogP contribution is 2.16. The van der Waals surface area contributed by atoms with Crippen LogP contribution < -0.4 is 0 Å². The minimum Gasteiger partial charge on any atom is -0.427 e. The molecule has 1 aromatic carbocycles. The predicted octanol–water partition coefficient (Wildman–Crippen LogP) is 1.75. The maximum absolute atomic E-state index is 9.38. The number of rotatable bonds is 0. The zero-order chi connectivity index (χ0) is 8.55. The summed E-state index contributed by atoms with van der Waals surface area (Å²) in [5.41, 5.74) is 0.922. The average Bonchev–Trinajstić information content (AvgIpc) is 2.44. The Labute approximate surface area is 69.0 Å². The van der Waals surface area contributed by atoms with Gasteiger partial charge in [-0.05, 0) is 12.1 Å². The summed E-state index contributed by atoms with van der Waals surface area (Å²) in [7, 11) is 0. The molecule has 1 aromatic heterocycles. The molecule has 0 saturated heterocycles. The molecule has 0 amide bonds. The smallest absolute Gasteiger partial charge is 0.158 e. The largest absolute Gasteiger partial charge is 0.427 e. The molecule has 0 spiro atoms. The van der Waals surface area contributed by atoms with Gasteiger partial charge >= 0.3 is 0 Å². The van der Waals surface area contributed by atoms with Gasteiger partial charge in [-0.2, -0.15) is 9.99 Å². The predicted molar refractivity (Wildman–Crippen MR) is 43.8 cm³/mol. The van der Waals surface area contributed by atoms with Crippen molar-refractivity contribution in [1.29, 1.82) is 5.26 Å². The lowest BCUT2D eigenvalue weighted by Crippen LogP contribution is -1.91. The van der Waals surface area contributed by atoms with E-state index in [-0.39, 0.29) is 5.69 Å². The first kappa shape index (κ1) is 6.74. The van der Waals surface area contributed by atoms with Crippen LogP contribution in [0.5, 0.6) is 0 Å². The van der Waals surface area contributed by atoms with E-state index in [1.807, 2.05) is 24.3 Å². The Kier molecular flexibility index (Phi) is 1.28. The molecule has 0 atom stereocenters. The maximum atomic E-state index is 9.38. The second kappa shape index (κ2) is 2.28. The Morgan fingerprint density at radius 3 is 2.75 bits per heavy atom. The van der Waals surface area contributed by atoms with E-state index in [1.165, 1.54) is 0 Å². The molecule has 3 heteroatoms. The van der Waals surface area contributed by atoms with Crippen molar-refractivity contribution >= 4 is 10.9 Å². The molecule has 0 aliphatic carbocycles. The van der Waals surface area contributed by atoms with Gasteiger partial charge < -0.3 is 5.21 Å². The van der Waals surface area contributed by atoms with E-state index in [2.05, 4.69) is 0 Å². The molecular formula is C9H6N2O. The van der Waals surface area contributed by atoms with Crippen LogP contribution in [0, 0.1) is 11.3 Å². The summed E-state index contributed by atoms with van der Waals surface area (Å²) in [6.07, 6.45) is 0. The molecule has 0 fully saturated rings. The molecule has 0 bridgehead atoms. The summed E-state index contributed by atoms with van der Waals surface area (Å²) < 4.78 is 0.898. The van der Waals surface area contributed by atoms with Crippen molar-refractivity contribution in [3.05, 3.63) is 36.0 Å². The third kappa shape index (κ3) is 0.753. The topological polar surface area (TPSA) is 49.0 Å². The number of benzene rings is 1. The molecule has 0 aliphatic heterocycles. The molecule has 0 saturated carbocycles. The van der Waals surface area contributed by atoms with Crippen LogP contribution in [0.15, 0.2) is 30.3 Å². The summed E-state index contributed by atoms with van der Waals surface area (Å²) in [6.45, 7) is 0. The highest BCUT2D eigenvalue weighted by molar-refractivity contribution is 5.81. The van der Waals surface area contributed by atoms with E-state index >= 15 is 0 Å². The molecule has 1 heterocycles. The van der Waals surface area contributed by atoms with Gasteiger partial charge in [-0.25, -0.2) is 0 Å². The van der Waals surface area contributed by atoms with Gasteiger partial charge in [0.1, 0.15) is 6.07 Å². The van der Waals surface area contributed by atoms with Crippen LogP contribution in [-0.4, -0.2) is 9.94 Å². The van der Waals surface area contributed by atoms with Crippen LogP contribution in [-0.2, 0) is 0 Å². The van der Waals surface area contributed by atoms with Crippen LogP contribution in [0.3, 0.4) is 0 Å². The highest BCUT2D eigenvalue weighted by Gasteiger charge is 2.04. The normalized spacial score (nSPS) is 9.92. The summed E-state index contributed by atoms with van der Waals surface area (Å²) in [4.78, 5) is 0. The number of nitrogens with zero attached hydrogens (tertiary/aromatic N) is 2. The lowest BCUT2D eigenvalue weighted by atomic mass is 10.2. The Hall–Kier alpha value is -1.95. The van der Waals surface area contributed by atoms with Crippen LogP contribution in [0.1, 0.15) is 5.69 Å². The van der Waals surface area contributed by atoms with Gasteiger partial charge in [-0.15, -0.1) is 0 Å². The monoisotopic (exact) mass is 158 g/mol. The van der Waals surface area contributed by atoms with Gasteiger partial charge in [0.2, 0.25) is 0 Å². The second-order valence-corrected chi connectivity index (χ2v) is 2.51. The first-order valence-electron chi connectivity index (χ1n) is 3.53. The Morgan fingerprint density at radius 1 is 1.33 bits per heavy atom. The first-order valence-corrected chi connectivity index (χ1v) is 3.53. The number of hydrogen-bond donors (Lipinski definition) is 1. The molecule has 0 radical (unpaired) electrons. The van der Waals surface area contributed by atoms with Gasteiger partial charge in [0.15, 0.2) is 5.69 Å². The van der Waals surface area contributed by atoms with E-state index < -0.39 is 0 Å². The molecule has 1 N–H and O–H groups in total. The van der Waals surface area contributed by atoms with E-state index in [4.69, 9.17) is 5.26 Å². The van der Waals surface area contributed by atoms with Crippen molar-refractivity contribution in [2.75, 3.05) is 0 Å². The highest BCUT2D eigenvalue weighted by atomic mass is 16.5. The molecule has 2 aromatic rings. The van der Waals surface area contributed by atoms with Gasteiger partial charge in [-0.1, -0.05) is 18.2 Å². The zero-order valence-corrected chi connectivity index (χ0v) is 6.23. The second-order valence-electron chi connectivity index (χ2n) is 2.51. The summed E-state index contributed by atoms with van der Waals surface area (Å²) in [5.74, 6) is 0. The van der Waals surface area contributed by atoms with E-state index in [1.54, 1.807) is 12.1 Å². The van der Waals surface area contributed by atoms with E-state index in [0.29, 0.717) is 5.52 Å². The molecule has 58 valence electrons. The average molecular weight is 158 g/mol. The third-order valence-electron chi connectivity index (χ3n) is 1.80. The first-order chi connectivity index (χ1) is 5.83. The van der Waals surface area contributed by atoms with Gasteiger partial charge in [0, 0.05) is 5.39 Å². The van der Waals surface area contributed by atoms with Crippen molar-refractivity contribution < 1.29 is 5.21 Å². The standard InChI is InChI=1S/C9H6N2O/c10-6-8-5-7-3-1-2-4-9(7)11(8)12/h1-5,12H. The minimum absolute atomic E-state index is 0.260. The fourth-order valence-electron chi connectivity index (χ4n) is 1.22. The molecular weight excluding hydrogens is 152 g/mol. The van der Waals surface area contributed by atoms with Crippen molar-refractivity contribution in [3.63, 3.8) is 0 Å². The van der Waals surface area contributed by atoms with Crippen LogP contribution in [0.4, 0.5) is 0 Å². The van der Waals surface area contributed by atoms with Crippen LogP contribution in [0.25, 0.3) is 10.9 Å². The lowest BCUT2D eigenvalue weighted by Gasteiger charge is -1.93. The van der Waals surface area contributed by atoms with Gasteiger partial charge in [-0.3, -0.25) is 0 Å². The fourth-order valence-corrected chi connectivity index (χ4v) is 1.22. The number of nitriles is 1. The lowest BCUT2D eigenvalue weighted by molar-refractivity contribution is 0.197. The minimum atomic E-state index is 0.260. The number of para-hydroxylation sites is 1. The third-order valence-corrected chi connectivity index (χ3v) is 1.80. The zero-order valence-electron chi connectivity index (χ0n) is 6.23. The van der Waals surface area contributed by atoms with Crippen LogP contribution >= 0.6 is 0 Å². The van der Waals surface area contributed by atoms with E-state index in [0.717, 1.165) is 10.1 Å². The summed E-state index contributed by atoms with van der Waals surface area (Å²) in [6, 6.07) is 10.8. The van der Waals surface area contributed by atoms with Crippen LogP contribution in [0.2, 0.25) is 0 Å². The SMILES string of the molecule is N#Cc1cc2ccccc2n1O. The molecule has 3 nitrogen and oxygen atoms in total. The number of hydrogen-bond acceptors (Lipinski definition) is 2. The molecule has 2 rings (SSSR count). The van der Waals surface area contributed by atoms with Crippen molar-refractivity contribution in [1.82, 2.24) is 4.73 Å². The Balaban J connectivity index is 2.90. The molecule has 0 unspecified atom stereocenters. The molecule has 12 heavy (non-hydrogen) atoms. The molecule has 0 aliphatic rings. The number of aromatic nitrogens is 1. The summed E-state index contributed by atoms with van der Waals surface area (Å²) >= 11 is 0. The van der Waals surface area contributed by atoms with Crippen molar-refractivity contribution in [2.45, 2.75) is 0 Å².